The van der Waals surface area contributed by atoms with Gasteiger partial charge >= 0.3 is 0 Å². The van der Waals surface area contributed by atoms with Crippen LogP contribution in [0.1, 0.15) is 23.5 Å². The number of methoxy groups -OCH3 is 2. The Morgan fingerprint density at radius 1 is 1.18 bits per heavy atom. The summed E-state index contributed by atoms with van der Waals surface area (Å²) < 4.78 is 39.2. The van der Waals surface area contributed by atoms with Gasteiger partial charge in [0.25, 0.3) is 0 Å². The van der Waals surface area contributed by atoms with Crippen molar-refractivity contribution >= 4 is 38.7 Å². The van der Waals surface area contributed by atoms with Gasteiger partial charge in [-0.15, -0.1) is 0 Å². The fourth-order valence-corrected chi connectivity index (χ4v) is 5.05. The number of benzene rings is 1. The second-order valence-electron chi connectivity index (χ2n) is 7.87. The molecule has 0 aliphatic carbocycles. The van der Waals surface area contributed by atoms with E-state index in [0.717, 1.165) is 17.6 Å². The first-order valence-electron chi connectivity index (χ1n) is 10.6. The van der Waals surface area contributed by atoms with Gasteiger partial charge in [0.1, 0.15) is 11.8 Å². The number of rotatable bonds is 9. The molecule has 1 fully saturated rings. The van der Waals surface area contributed by atoms with Gasteiger partial charge < -0.3 is 24.3 Å². The van der Waals surface area contributed by atoms with Crippen molar-refractivity contribution in [3.8, 4) is 5.75 Å². The van der Waals surface area contributed by atoms with E-state index in [4.69, 9.17) is 21.7 Å². The number of nitrogens with zero attached hydrogens (tertiary/aromatic N) is 3. The summed E-state index contributed by atoms with van der Waals surface area (Å²) >= 11 is 5.78. The number of hydrogen-bond donors (Lipinski definition) is 2. The summed E-state index contributed by atoms with van der Waals surface area (Å²) in [7, 11) is -0.350. The predicted molar refractivity (Wildman–Crippen MR) is 136 cm³/mol. The molecule has 0 spiro atoms. The minimum atomic E-state index is -3.52. The molecule has 3 heterocycles. The third kappa shape index (κ3) is 5.01. The summed E-state index contributed by atoms with van der Waals surface area (Å²) in [5.41, 5.74) is 2.92. The van der Waals surface area contributed by atoms with E-state index in [9.17, 15) is 8.42 Å². The van der Waals surface area contributed by atoms with Crippen LogP contribution in [-0.2, 0) is 21.3 Å². The summed E-state index contributed by atoms with van der Waals surface area (Å²) in [6.07, 6.45) is 4.86. The maximum atomic E-state index is 12.0. The quantitative estimate of drug-likeness (QED) is 0.432. The van der Waals surface area contributed by atoms with E-state index >= 15 is 0 Å². The molecule has 180 valence electrons. The van der Waals surface area contributed by atoms with Crippen LogP contribution in [0.2, 0.25) is 0 Å². The first kappa shape index (κ1) is 24.0. The summed E-state index contributed by atoms with van der Waals surface area (Å²) in [5.74, 6) is 0.411. The Balaban J connectivity index is 1.83. The minimum Gasteiger partial charge on any atom is -0.495 e. The topological polar surface area (TPSA) is 97.7 Å². The lowest BCUT2D eigenvalue weighted by atomic mass is 10.0. The maximum absolute atomic E-state index is 12.0. The van der Waals surface area contributed by atoms with Gasteiger partial charge in [-0.2, -0.15) is 0 Å². The number of pyridine rings is 1. The van der Waals surface area contributed by atoms with E-state index in [-0.39, 0.29) is 12.1 Å². The van der Waals surface area contributed by atoms with Gasteiger partial charge in [-0.25, -0.2) is 8.42 Å². The van der Waals surface area contributed by atoms with Gasteiger partial charge in [0.05, 0.1) is 37.4 Å². The molecule has 0 radical (unpaired) electrons. The second-order valence-corrected chi connectivity index (χ2v) is 10.0. The molecule has 1 aliphatic heterocycles. The Hall–Kier alpha value is -3.15. The molecule has 0 amide bonds. The lowest BCUT2D eigenvalue weighted by Crippen LogP contribution is -2.30. The molecule has 3 aromatic rings. The van der Waals surface area contributed by atoms with Crippen LogP contribution in [0.4, 0.5) is 11.4 Å². The molecule has 2 unspecified atom stereocenters. The van der Waals surface area contributed by atoms with Gasteiger partial charge in [0.2, 0.25) is 10.0 Å². The van der Waals surface area contributed by atoms with E-state index in [1.54, 1.807) is 25.4 Å². The van der Waals surface area contributed by atoms with Gasteiger partial charge in [-0.1, -0.05) is 6.07 Å². The van der Waals surface area contributed by atoms with Crippen molar-refractivity contribution in [2.75, 3.05) is 36.7 Å². The molecule has 34 heavy (non-hydrogen) atoms. The third-order valence-corrected chi connectivity index (χ3v) is 6.46. The summed E-state index contributed by atoms with van der Waals surface area (Å²) in [4.78, 5) is 6.56. The summed E-state index contributed by atoms with van der Waals surface area (Å²) in [6.45, 7) is 1.24. The largest absolute Gasteiger partial charge is 0.495 e. The van der Waals surface area contributed by atoms with E-state index in [0.29, 0.717) is 35.4 Å². The number of anilines is 2. The van der Waals surface area contributed by atoms with Crippen molar-refractivity contribution in [3.63, 3.8) is 0 Å². The van der Waals surface area contributed by atoms with Crippen molar-refractivity contribution < 1.29 is 17.9 Å². The highest BCUT2D eigenvalue weighted by Crippen LogP contribution is 2.43. The van der Waals surface area contributed by atoms with Crippen molar-refractivity contribution in [2.45, 2.75) is 18.6 Å². The van der Waals surface area contributed by atoms with Gasteiger partial charge in [0.15, 0.2) is 5.11 Å². The Morgan fingerprint density at radius 3 is 2.68 bits per heavy atom. The molecule has 1 aromatic carbocycles. The smallest absolute Gasteiger partial charge is 0.229 e. The van der Waals surface area contributed by atoms with Crippen molar-refractivity contribution in [2.24, 2.45) is 0 Å². The second kappa shape index (κ2) is 10.00. The molecule has 0 saturated carbocycles. The van der Waals surface area contributed by atoms with E-state index in [1.165, 1.54) is 7.11 Å². The van der Waals surface area contributed by atoms with E-state index in [2.05, 4.69) is 25.7 Å². The monoisotopic (exact) mass is 501 g/mol. The van der Waals surface area contributed by atoms with Crippen LogP contribution >= 0.6 is 12.2 Å². The zero-order valence-electron chi connectivity index (χ0n) is 19.1. The Morgan fingerprint density at radius 2 is 2.00 bits per heavy atom. The molecule has 0 bridgehead atoms. The highest BCUT2D eigenvalue weighted by atomic mass is 32.2. The van der Waals surface area contributed by atoms with Crippen LogP contribution in [0.15, 0.2) is 60.9 Å². The highest BCUT2D eigenvalue weighted by molar-refractivity contribution is 7.92. The van der Waals surface area contributed by atoms with Crippen LogP contribution < -0.4 is 19.7 Å². The Bertz CT molecular complexity index is 1260. The van der Waals surface area contributed by atoms with E-state index < -0.39 is 10.0 Å². The SMILES string of the molecule is COCCn1cccc1C1C(c2ccccn2)NC(=S)N1c1ccc(OC)c(NS(C)(=O)=O)c1. The molecule has 1 saturated heterocycles. The number of hydrogen-bond acceptors (Lipinski definition) is 6. The van der Waals surface area contributed by atoms with Crippen LogP contribution in [0.25, 0.3) is 0 Å². The Kier molecular flexibility index (Phi) is 7.05. The molecule has 9 nitrogen and oxygen atoms in total. The van der Waals surface area contributed by atoms with Crippen molar-refractivity contribution in [1.82, 2.24) is 14.9 Å². The first-order valence-corrected chi connectivity index (χ1v) is 12.9. The number of thiocarbonyl (C=S) groups is 1. The lowest BCUT2D eigenvalue weighted by Gasteiger charge is -2.29. The summed E-state index contributed by atoms with van der Waals surface area (Å²) in [5, 5.41) is 3.93. The van der Waals surface area contributed by atoms with Gasteiger partial charge in [0, 0.05) is 37.4 Å². The average molecular weight is 502 g/mol. The molecular weight excluding hydrogens is 474 g/mol. The fraction of sp³-hybridized carbons (Fsp3) is 0.304. The highest BCUT2D eigenvalue weighted by Gasteiger charge is 2.42. The summed E-state index contributed by atoms with van der Waals surface area (Å²) in [6, 6.07) is 14.7. The lowest BCUT2D eigenvalue weighted by molar-refractivity contribution is 0.186. The normalized spacial score (nSPS) is 18.1. The number of sulfonamides is 1. The molecular formula is C23H27N5O4S2. The van der Waals surface area contributed by atoms with Crippen molar-refractivity contribution in [3.05, 3.63) is 72.3 Å². The van der Waals surface area contributed by atoms with Crippen LogP contribution in [0, 0.1) is 0 Å². The zero-order chi connectivity index (χ0) is 24.3. The minimum absolute atomic E-state index is 0.224. The molecule has 4 rings (SSSR count). The van der Waals surface area contributed by atoms with Gasteiger partial charge in [-0.3, -0.25) is 9.71 Å². The number of nitrogens with one attached hydrogen (secondary N) is 2. The Labute approximate surface area is 204 Å². The average Bonchev–Trinajstić information content (AvgIpc) is 3.40. The molecule has 11 heteroatoms. The first-order chi connectivity index (χ1) is 16.3. The number of aromatic nitrogens is 2. The molecule has 2 atom stereocenters. The van der Waals surface area contributed by atoms with Crippen LogP contribution in [-0.4, -0.2) is 50.2 Å². The van der Waals surface area contributed by atoms with Crippen LogP contribution in [0.3, 0.4) is 0 Å². The van der Waals surface area contributed by atoms with Crippen molar-refractivity contribution in [1.29, 1.82) is 0 Å². The molecule has 1 aliphatic rings. The zero-order valence-corrected chi connectivity index (χ0v) is 20.8. The van der Waals surface area contributed by atoms with Crippen LogP contribution in [0.5, 0.6) is 5.75 Å². The number of ether oxygens (including phenoxy) is 2. The third-order valence-electron chi connectivity index (χ3n) is 5.56. The standard InChI is InChI=1S/C23H27N5O4S2/c1-31-14-13-27-12-6-8-19(27)22-21(17-7-4-5-11-24-17)25-23(33)28(22)16-9-10-20(32-2)18(15-16)26-34(3,29)30/h4-12,15,21-22,26H,13-14H2,1-3H3,(H,25,33). The maximum Gasteiger partial charge on any atom is 0.229 e. The molecule has 2 aromatic heterocycles. The molecule has 2 N–H and O–H groups in total. The van der Waals surface area contributed by atoms with E-state index in [1.807, 2.05) is 41.4 Å². The predicted octanol–water partition coefficient (Wildman–Crippen LogP) is 3.09. The van der Waals surface area contributed by atoms with Gasteiger partial charge in [-0.05, 0) is 54.7 Å². The fourth-order valence-electron chi connectivity index (χ4n) is 4.15.